The van der Waals surface area contributed by atoms with Crippen molar-refractivity contribution in [2.75, 3.05) is 6.61 Å². The molecule has 7 heteroatoms. The van der Waals surface area contributed by atoms with Crippen LogP contribution >= 0.6 is 11.3 Å². The van der Waals surface area contributed by atoms with Crippen LogP contribution in [0.4, 0.5) is 0 Å². The van der Waals surface area contributed by atoms with E-state index in [2.05, 4.69) is 18.8 Å². The maximum absolute atomic E-state index is 12.0. The highest BCUT2D eigenvalue weighted by Crippen LogP contribution is 2.12. The molecule has 0 aliphatic rings. The number of nitrogens with zero attached hydrogens (tertiary/aromatic N) is 2. The van der Waals surface area contributed by atoms with Gasteiger partial charge in [-0.05, 0) is 26.2 Å². The molecule has 0 saturated carbocycles. The maximum atomic E-state index is 12.0. The van der Waals surface area contributed by atoms with Gasteiger partial charge in [-0.3, -0.25) is 9.20 Å². The van der Waals surface area contributed by atoms with E-state index < -0.39 is 12.1 Å². The molecule has 2 heterocycles. The van der Waals surface area contributed by atoms with Gasteiger partial charge in [-0.15, -0.1) is 11.3 Å². The summed E-state index contributed by atoms with van der Waals surface area (Å²) in [6.45, 7) is 8.20. The van der Waals surface area contributed by atoms with Crippen molar-refractivity contribution in [2.45, 2.75) is 46.8 Å². The van der Waals surface area contributed by atoms with Crippen molar-refractivity contribution in [3.63, 3.8) is 0 Å². The third-order valence-electron chi connectivity index (χ3n) is 3.39. The van der Waals surface area contributed by atoms with Gasteiger partial charge < -0.3 is 9.47 Å². The Kier molecular flexibility index (Phi) is 5.90. The second-order valence-corrected chi connectivity index (χ2v) is 6.72. The summed E-state index contributed by atoms with van der Waals surface area (Å²) in [5, 5.41) is 1.87. The molecule has 2 rings (SSSR count). The molecule has 0 radical (unpaired) electrons. The molecule has 1 unspecified atom stereocenters. The lowest BCUT2D eigenvalue weighted by Crippen LogP contribution is -2.24. The van der Waals surface area contributed by atoms with Crippen molar-refractivity contribution >= 4 is 22.3 Å². The van der Waals surface area contributed by atoms with Gasteiger partial charge in [-0.1, -0.05) is 13.8 Å². The molecular weight excluding hydrogens is 316 g/mol. The molecule has 0 N–H and O–H groups in total. The lowest BCUT2D eigenvalue weighted by molar-refractivity contribution is -0.157. The van der Waals surface area contributed by atoms with Gasteiger partial charge in [0, 0.05) is 23.7 Å². The van der Waals surface area contributed by atoms with Gasteiger partial charge in [0.2, 0.25) is 0 Å². The Labute approximate surface area is 139 Å². The summed E-state index contributed by atoms with van der Waals surface area (Å²) in [6.07, 6.45) is 0.271. The molecular formula is C16H22N2O4S. The Hall–Kier alpha value is -1.73. The van der Waals surface area contributed by atoms with Gasteiger partial charge in [0.1, 0.15) is 6.61 Å². The Bertz CT molecular complexity index is 735. The fourth-order valence-electron chi connectivity index (χ4n) is 1.99. The van der Waals surface area contributed by atoms with Crippen LogP contribution in [0.25, 0.3) is 4.96 Å². The van der Waals surface area contributed by atoms with Gasteiger partial charge in [-0.25, -0.2) is 9.78 Å². The normalized spacial score (nSPS) is 12.7. The zero-order chi connectivity index (χ0) is 17.0. The third-order valence-corrected chi connectivity index (χ3v) is 4.33. The molecule has 2 aromatic heterocycles. The molecule has 0 aliphatic carbocycles. The first kappa shape index (κ1) is 17.6. The fraction of sp³-hybridized carbons (Fsp3) is 0.562. The first-order valence-electron chi connectivity index (χ1n) is 7.63. The average molecular weight is 338 g/mol. The van der Waals surface area contributed by atoms with Gasteiger partial charge >= 0.3 is 5.97 Å². The smallest absolute Gasteiger partial charge is 0.335 e. The topological polar surface area (TPSA) is 69.9 Å². The molecule has 6 nitrogen and oxygen atoms in total. The van der Waals surface area contributed by atoms with E-state index in [0.29, 0.717) is 23.2 Å². The number of carbonyl (C=O) groups is 1. The number of hydrogen-bond acceptors (Lipinski definition) is 6. The number of ether oxygens (including phenoxy) is 2. The lowest BCUT2D eigenvalue weighted by Gasteiger charge is -2.13. The number of thiazole rings is 1. The van der Waals surface area contributed by atoms with Gasteiger partial charge in [0.15, 0.2) is 11.1 Å². The van der Waals surface area contributed by atoms with Crippen LogP contribution < -0.4 is 5.56 Å². The zero-order valence-corrected chi connectivity index (χ0v) is 14.7. The number of fused-ring (bicyclic) bond motifs is 1. The van der Waals surface area contributed by atoms with Crippen LogP contribution in [-0.4, -0.2) is 28.1 Å². The van der Waals surface area contributed by atoms with Crippen LogP contribution in [0.5, 0.6) is 0 Å². The minimum Gasteiger partial charge on any atom is -0.457 e. The van der Waals surface area contributed by atoms with E-state index in [4.69, 9.17) is 9.47 Å². The molecule has 0 aliphatic heterocycles. The number of aromatic nitrogens is 2. The number of aryl methyl sites for hydroxylation is 1. The molecule has 2 aromatic rings. The first-order valence-corrected chi connectivity index (χ1v) is 8.51. The van der Waals surface area contributed by atoms with E-state index in [0.717, 1.165) is 12.1 Å². The van der Waals surface area contributed by atoms with Crippen LogP contribution in [0.3, 0.4) is 0 Å². The number of esters is 1. The largest absolute Gasteiger partial charge is 0.457 e. The Morgan fingerprint density at radius 1 is 1.39 bits per heavy atom. The second kappa shape index (κ2) is 7.70. The molecule has 0 saturated heterocycles. The Morgan fingerprint density at radius 2 is 2.13 bits per heavy atom. The fourth-order valence-corrected chi connectivity index (χ4v) is 2.88. The highest BCUT2D eigenvalue weighted by atomic mass is 32.1. The molecule has 0 fully saturated rings. The van der Waals surface area contributed by atoms with Gasteiger partial charge in [0.25, 0.3) is 5.56 Å². The standard InChI is InChI=1S/C16H22N2O4S/c1-10(2)5-6-21-12(4)15(20)22-8-13-7-14(19)18-11(3)9-23-16(18)17-13/h7,9-10,12H,5-6,8H2,1-4H3. The van der Waals surface area contributed by atoms with Crippen LogP contribution in [0.15, 0.2) is 16.2 Å². The van der Waals surface area contributed by atoms with Crippen LogP contribution in [0, 0.1) is 12.8 Å². The van der Waals surface area contributed by atoms with E-state index in [1.165, 1.54) is 21.8 Å². The summed E-state index contributed by atoms with van der Waals surface area (Å²) >= 11 is 1.38. The monoisotopic (exact) mass is 338 g/mol. The van der Waals surface area contributed by atoms with Crippen molar-refractivity contribution in [2.24, 2.45) is 5.92 Å². The quantitative estimate of drug-likeness (QED) is 0.726. The summed E-state index contributed by atoms with van der Waals surface area (Å²) in [5.74, 6) is 0.0782. The van der Waals surface area contributed by atoms with Crippen LogP contribution in [-0.2, 0) is 20.9 Å². The Morgan fingerprint density at radius 3 is 2.83 bits per heavy atom. The van der Waals surface area contributed by atoms with Gasteiger partial charge in [-0.2, -0.15) is 0 Å². The van der Waals surface area contributed by atoms with Crippen LogP contribution in [0.2, 0.25) is 0 Å². The summed E-state index contributed by atoms with van der Waals surface area (Å²) in [7, 11) is 0. The van der Waals surface area contributed by atoms with Crippen molar-refractivity contribution in [1.82, 2.24) is 9.38 Å². The summed E-state index contributed by atoms with van der Waals surface area (Å²) < 4.78 is 12.2. The number of rotatable bonds is 7. The summed E-state index contributed by atoms with van der Waals surface area (Å²) in [6, 6.07) is 1.39. The molecule has 1 atom stereocenters. The highest BCUT2D eigenvalue weighted by Gasteiger charge is 2.16. The average Bonchev–Trinajstić information content (AvgIpc) is 2.86. The second-order valence-electron chi connectivity index (χ2n) is 5.88. The number of hydrogen-bond donors (Lipinski definition) is 0. The maximum Gasteiger partial charge on any atom is 0.335 e. The van der Waals surface area contributed by atoms with Gasteiger partial charge in [0.05, 0.1) is 5.69 Å². The molecule has 0 spiro atoms. The van der Waals surface area contributed by atoms with Crippen molar-refractivity contribution in [1.29, 1.82) is 0 Å². The van der Waals surface area contributed by atoms with Crippen molar-refractivity contribution in [3.8, 4) is 0 Å². The van der Waals surface area contributed by atoms with E-state index in [1.54, 1.807) is 6.92 Å². The number of carbonyl (C=O) groups excluding carboxylic acids is 1. The first-order chi connectivity index (χ1) is 10.9. The molecule has 0 bridgehead atoms. The molecule has 23 heavy (non-hydrogen) atoms. The molecule has 0 aromatic carbocycles. The van der Waals surface area contributed by atoms with Crippen molar-refractivity contribution < 1.29 is 14.3 Å². The SMILES string of the molecule is Cc1csc2nc(COC(=O)C(C)OCCC(C)C)cc(=O)n12. The molecule has 126 valence electrons. The van der Waals surface area contributed by atoms with E-state index in [9.17, 15) is 9.59 Å². The van der Waals surface area contributed by atoms with E-state index in [1.807, 2.05) is 12.3 Å². The van der Waals surface area contributed by atoms with E-state index >= 15 is 0 Å². The van der Waals surface area contributed by atoms with Crippen molar-refractivity contribution in [3.05, 3.63) is 33.2 Å². The predicted molar refractivity (Wildman–Crippen MR) is 88.7 cm³/mol. The third kappa shape index (κ3) is 4.62. The predicted octanol–water partition coefficient (Wildman–Crippen LogP) is 2.56. The zero-order valence-electron chi connectivity index (χ0n) is 13.9. The highest BCUT2D eigenvalue weighted by molar-refractivity contribution is 7.15. The minimum absolute atomic E-state index is 0.0284. The minimum atomic E-state index is -0.623. The summed E-state index contributed by atoms with van der Waals surface area (Å²) in [4.78, 5) is 28.9. The summed E-state index contributed by atoms with van der Waals surface area (Å²) in [5.41, 5.74) is 1.12. The lowest BCUT2D eigenvalue weighted by atomic mass is 10.1. The van der Waals surface area contributed by atoms with Crippen LogP contribution in [0.1, 0.15) is 38.6 Å². The van der Waals surface area contributed by atoms with E-state index in [-0.39, 0.29) is 12.2 Å². The molecule has 0 amide bonds. The Balaban J connectivity index is 1.92.